The third-order valence-electron chi connectivity index (χ3n) is 7.61. The quantitative estimate of drug-likeness (QED) is 0.499. The Morgan fingerprint density at radius 3 is 2.64 bits per heavy atom. The first-order valence-electron chi connectivity index (χ1n) is 12.2. The van der Waals surface area contributed by atoms with E-state index in [4.69, 9.17) is 18.7 Å². The van der Waals surface area contributed by atoms with Crippen LogP contribution in [0, 0.1) is 5.92 Å². The molecule has 1 aromatic rings. The van der Waals surface area contributed by atoms with E-state index in [1.54, 1.807) is 0 Å². The minimum atomic E-state index is -3.63. The smallest absolute Gasteiger partial charge is 0.162 e. The van der Waals surface area contributed by atoms with E-state index < -0.39 is 14.6 Å². The van der Waals surface area contributed by atoms with E-state index in [1.165, 1.54) is 13.8 Å². The zero-order chi connectivity index (χ0) is 23.5. The van der Waals surface area contributed by atoms with Crippen LogP contribution in [0.4, 0.5) is 0 Å². The molecule has 8 nitrogen and oxygen atoms in total. The Kier molecular flexibility index (Phi) is 7.63. The number of hydrogen-bond acceptors (Lipinski definition) is 8. The van der Waals surface area contributed by atoms with E-state index >= 15 is 0 Å². The first kappa shape index (κ1) is 24.8. The molecule has 0 N–H and O–H groups in total. The van der Waals surface area contributed by atoms with Crippen molar-refractivity contribution < 1.29 is 31.9 Å². The summed E-state index contributed by atoms with van der Waals surface area (Å²) in [6.07, 6.45) is 7.62. The van der Waals surface area contributed by atoms with Gasteiger partial charge in [-0.05, 0) is 58.3 Å². The summed E-state index contributed by atoms with van der Waals surface area (Å²) in [6, 6.07) is 1.82. The molecular formula is C24H37NO7S. The maximum absolute atomic E-state index is 13.1. The van der Waals surface area contributed by atoms with Gasteiger partial charge >= 0.3 is 0 Å². The number of ketones is 1. The van der Waals surface area contributed by atoms with E-state index in [-0.39, 0.29) is 35.6 Å². The predicted molar refractivity (Wildman–Crippen MR) is 122 cm³/mol. The highest BCUT2D eigenvalue weighted by atomic mass is 32.2. The predicted octanol–water partition coefficient (Wildman–Crippen LogP) is 3.37. The third-order valence-corrected chi connectivity index (χ3v) is 10.3. The van der Waals surface area contributed by atoms with Crippen molar-refractivity contribution in [3.05, 3.63) is 17.5 Å². The molecule has 0 bridgehead atoms. The summed E-state index contributed by atoms with van der Waals surface area (Å²) in [6.45, 7) is 5.25. The van der Waals surface area contributed by atoms with Crippen molar-refractivity contribution in [3.63, 3.8) is 0 Å². The zero-order valence-corrected chi connectivity index (χ0v) is 20.7. The lowest BCUT2D eigenvalue weighted by molar-refractivity contribution is -0.172. The molecule has 2 saturated heterocycles. The number of aromatic nitrogens is 1. The Hall–Kier alpha value is -1.29. The average Bonchev–Trinajstić information content (AvgIpc) is 3.55. The van der Waals surface area contributed by atoms with Gasteiger partial charge in [0.25, 0.3) is 0 Å². The van der Waals surface area contributed by atoms with E-state index in [2.05, 4.69) is 5.16 Å². The van der Waals surface area contributed by atoms with Gasteiger partial charge in [-0.3, -0.25) is 4.79 Å². The molecule has 1 unspecified atom stereocenters. The van der Waals surface area contributed by atoms with Crippen molar-refractivity contribution in [2.75, 3.05) is 32.2 Å². The van der Waals surface area contributed by atoms with Crippen LogP contribution in [0.1, 0.15) is 76.7 Å². The van der Waals surface area contributed by atoms with Crippen molar-refractivity contribution in [2.45, 2.75) is 88.1 Å². The summed E-state index contributed by atoms with van der Waals surface area (Å²) in [7, 11) is -3.63. The average molecular weight is 484 g/mol. The summed E-state index contributed by atoms with van der Waals surface area (Å²) < 4.78 is 47.2. The maximum Gasteiger partial charge on any atom is 0.162 e. The van der Waals surface area contributed by atoms with Gasteiger partial charge in [-0.2, -0.15) is 0 Å². The van der Waals surface area contributed by atoms with Gasteiger partial charge in [0.2, 0.25) is 0 Å². The van der Waals surface area contributed by atoms with Crippen LogP contribution < -0.4 is 0 Å². The Morgan fingerprint density at radius 2 is 1.97 bits per heavy atom. The molecule has 3 fully saturated rings. The third kappa shape index (κ3) is 5.52. The molecule has 0 radical (unpaired) electrons. The standard InChI is InChI=1S/C24H37NO7S/c1-23(2,33(27,28)16-18-8-12-29-15-18)21(26)14-19-13-20(25-32-19)24(9-4-5-10-24)17-31-22-7-3-6-11-30-22/h13,18,22H,3-12,14-17H2,1-2H3/t18-,22?/m0/s1. The summed E-state index contributed by atoms with van der Waals surface area (Å²) >= 11 is 0. The number of Topliss-reactive ketones (excluding diaryl/α,β-unsaturated/α-hetero) is 1. The van der Waals surface area contributed by atoms with Gasteiger partial charge in [-0.1, -0.05) is 18.0 Å². The van der Waals surface area contributed by atoms with Crippen molar-refractivity contribution in [2.24, 2.45) is 5.92 Å². The molecular weight excluding hydrogens is 446 g/mol. The number of carbonyl (C=O) groups excluding carboxylic acids is 1. The lowest BCUT2D eigenvalue weighted by Crippen LogP contribution is -2.44. The lowest BCUT2D eigenvalue weighted by atomic mass is 9.83. The van der Waals surface area contributed by atoms with E-state index in [9.17, 15) is 13.2 Å². The number of nitrogens with zero attached hydrogens (tertiary/aromatic N) is 1. The van der Waals surface area contributed by atoms with Crippen LogP contribution >= 0.6 is 0 Å². The second-order valence-electron chi connectivity index (χ2n) is 10.4. The van der Waals surface area contributed by atoms with Crippen molar-refractivity contribution in [1.82, 2.24) is 5.16 Å². The summed E-state index contributed by atoms with van der Waals surface area (Å²) in [5, 5.41) is 4.30. The Balaban J connectivity index is 1.41. The van der Waals surface area contributed by atoms with Crippen molar-refractivity contribution in [3.8, 4) is 0 Å². The van der Waals surface area contributed by atoms with E-state index in [0.29, 0.717) is 32.0 Å². The van der Waals surface area contributed by atoms with Crippen LogP contribution in [0.15, 0.2) is 10.6 Å². The van der Waals surface area contributed by atoms with Crippen LogP contribution in [0.3, 0.4) is 0 Å². The van der Waals surface area contributed by atoms with Gasteiger partial charge in [0.05, 0.1) is 31.1 Å². The molecule has 4 rings (SSSR count). The molecule has 1 saturated carbocycles. The minimum Gasteiger partial charge on any atom is -0.381 e. The highest BCUT2D eigenvalue weighted by Gasteiger charge is 2.44. The fourth-order valence-corrected chi connectivity index (χ4v) is 6.76. The summed E-state index contributed by atoms with van der Waals surface area (Å²) in [5.74, 6) is -0.0506. The molecule has 9 heteroatoms. The molecule has 186 valence electrons. The first-order valence-corrected chi connectivity index (χ1v) is 13.9. The number of carbonyl (C=O) groups is 1. The molecule has 1 aliphatic carbocycles. The largest absolute Gasteiger partial charge is 0.381 e. The maximum atomic E-state index is 13.1. The molecule has 0 aromatic carbocycles. The number of rotatable bonds is 10. The van der Waals surface area contributed by atoms with Crippen LogP contribution in [0.5, 0.6) is 0 Å². The van der Waals surface area contributed by atoms with Gasteiger partial charge in [0.1, 0.15) is 10.5 Å². The minimum absolute atomic E-state index is 0.0307. The topological polar surface area (TPSA) is 105 Å². The summed E-state index contributed by atoms with van der Waals surface area (Å²) in [4.78, 5) is 13.1. The molecule has 33 heavy (non-hydrogen) atoms. The SMILES string of the molecule is CC(C)(C(=O)Cc1cc(C2(COC3CCCCO3)CCCC2)no1)S(=O)(=O)C[C@H]1CCOC1. The van der Waals surface area contributed by atoms with Crippen LogP contribution in [0.2, 0.25) is 0 Å². The van der Waals surface area contributed by atoms with Crippen LogP contribution in [-0.4, -0.2) is 62.6 Å². The van der Waals surface area contributed by atoms with Gasteiger partial charge in [0.15, 0.2) is 21.9 Å². The zero-order valence-electron chi connectivity index (χ0n) is 19.8. The normalized spacial score (nSPS) is 26.0. The van der Waals surface area contributed by atoms with Crippen LogP contribution in [0.25, 0.3) is 0 Å². The fourth-order valence-electron chi connectivity index (χ4n) is 5.05. The lowest BCUT2D eigenvalue weighted by Gasteiger charge is -2.30. The monoisotopic (exact) mass is 483 g/mol. The fraction of sp³-hybridized carbons (Fsp3) is 0.833. The van der Waals surface area contributed by atoms with E-state index in [0.717, 1.165) is 57.2 Å². The summed E-state index contributed by atoms with van der Waals surface area (Å²) in [5.41, 5.74) is 0.553. The van der Waals surface area contributed by atoms with E-state index in [1.807, 2.05) is 6.07 Å². The van der Waals surface area contributed by atoms with Gasteiger partial charge in [-0.25, -0.2) is 8.42 Å². The molecule has 3 aliphatic rings. The Morgan fingerprint density at radius 1 is 1.18 bits per heavy atom. The number of hydrogen-bond donors (Lipinski definition) is 0. The van der Waals surface area contributed by atoms with Crippen molar-refractivity contribution >= 4 is 15.6 Å². The Labute approximate surface area is 196 Å². The van der Waals surface area contributed by atoms with Crippen molar-refractivity contribution in [1.29, 1.82) is 0 Å². The first-order chi connectivity index (χ1) is 15.7. The molecule has 0 amide bonds. The molecule has 2 aliphatic heterocycles. The van der Waals surface area contributed by atoms with Crippen LogP contribution in [-0.2, 0) is 40.7 Å². The number of sulfone groups is 1. The van der Waals surface area contributed by atoms with Gasteiger partial charge < -0.3 is 18.7 Å². The molecule has 0 spiro atoms. The highest BCUT2D eigenvalue weighted by Crippen LogP contribution is 2.41. The molecule has 3 heterocycles. The molecule has 1 aromatic heterocycles. The van der Waals surface area contributed by atoms with Gasteiger partial charge in [0, 0.05) is 24.7 Å². The molecule has 2 atom stereocenters. The van der Waals surface area contributed by atoms with Gasteiger partial charge in [-0.15, -0.1) is 0 Å². The number of ether oxygens (including phenoxy) is 3. The second-order valence-corrected chi connectivity index (χ2v) is 13.0. The Bertz CT molecular complexity index is 905. The second kappa shape index (κ2) is 10.1. The highest BCUT2D eigenvalue weighted by molar-refractivity contribution is 7.93.